The van der Waals surface area contributed by atoms with Gasteiger partial charge < -0.3 is 13.9 Å². The summed E-state index contributed by atoms with van der Waals surface area (Å²) < 4.78 is 16.6. The number of rotatable bonds is 5. The molecule has 0 fully saturated rings. The Labute approximate surface area is 101 Å². The van der Waals surface area contributed by atoms with Gasteiger partial charge >= 0.3 is 0 Å². The molecule has 5 heteroatoms. The van der Waals surface area contributed by atoms with Crippen molar-refractivity contribution < 1.29 is 13.9 Å². The molecule has 0 aromatic carbocycles. The zero-order valence-electron chi connectivity index (χ0n) is 9.97. The van der Waals surface area contributed by atoms with Crippen molar-refractivity contribution in [1.29, 1.82) is 0 Å². The third kappa shape index (κ3) is 2.51. The van der Waals surface area contributed by atoms with Crippen LogP contribution >= 0.6 is 0 Å². The molecule has 0 saturated carbocycles. The van der Waals surface area contributed by atoms with Crippen molar-refractivity contribution in [2.24, 2.45) is 0 Å². The summed E-state index contributed by atoms with van der Waals surface area (Å²) in [5, 5.41) is 0.851. The van der Waals surface area contributed by atoms with Crippen molar-refractivity contribution in [1.82, 2.24) is 4.98 Å². The number of hydrogen-bond donors (Lipinski definition) is 0. The summed E-state index contributed by atoms with van der Waals surface area (Å²) in [6.45, 7) is 4.92. The lowest BCUT2D eigenvalue weighted by atomic mass is 9.97. The first-order valence-corrected chi connectivity index (χ1v) is 5.62. The number of ether oxygens (including phenoxy) is 2. The molecule has 0 amide bonds. The van der Waals surface area contributed by atoms with Crippen LogP contribution in [0.15, 0.2) is 22.9 Å². The molecule has 0 atom stereocenters. The van der Waals surface area contributed by atoms with E-state index in [2.05, 4.69) is 4.98 Å². The van der Waals surface area contributed by atoms with Crippen molar-refractivity contribution in [3.63, 3.8) is 0 Å². The van der Waals surface area contributed by atoms with Crippen LogP contribution in [0.5, 0.6) is 0 Å². The molecular weight excluding hydrogens is 217 g/mol. The minimum absolute atomic E-state index is 0.489. The highest BCUT2D eigenvalue weighted by atomic mass is 16.7. The molecule has 2 rings (SSSR count). The van der Waals surface area contributed by atoms with E-state index in [1.54, 1.807) is 12.4 Å². The van der Waals surface area contributed by atoms with Crippen molar-refractivity contribution in [3.8, 4) is 0 Å². The second kappa shape index (κ2) is 5.34. The molecule has 88 valence electrons. The van der Waals surface area contributed by atoms with Crippen molar-refractivity contribution >= 4 is 24.3 Å². The summed E-state index contributed by atoms with van der Waals surface area (Å²) in [7, 11) is 5.78. The summed E-state index contributed by atoms with van der Waals surface area (Å²) in [5.41, 5.74) is 1.14. The van der Waals surface area contributed by atoms with E-state index >= 15 is 0 Å². The highest BCUT2D eigenvalue weighted by Crippen LogP contribution is 2.25. The zero-order chi connectivity index (χ0) is 12.3. The van der Waals surface area contributed by atoms with Gasteiger partial charge in [0.2, 0.25) is 6.29 Å². The molecule has 2 radical (unpaired) electrons. The lowest BCUT2D eigenvalue weighted by Gasteiger charge is -2.13. The lowest BCUT2D eigenvalue weighted by Crippen LogP contribution is -2.07. The van der Waals surface area contributed by atoms with Gasteiger partial charge in [-0.3, -0.25) is 4.98 Å². The van der Waals surface area contributed by atoms with E-state index in [1.165, 1.54) is 0 Å². The monoisotopic (exact) mass is 231 g/mol. The van der Waals surface area contributed by atoms with Crippen LogP contribution in [0.25, 0.3) is 11.0 Å². The van der Waals surface area contributed by atoms with Gasteiger partial charge in [0.25, 0.3) is 0 Å². The first-order chi connectivity index (χ1) is 8.26. The van der Waals surface area contributed by atoms with Crippen LogP contribution in [-0.4, -0.2) is 26.0 Å². The van der Waals surface area contributed by atoms with E-state index in [4.69, 9.17) is 21.7 Å². The standard InChI is InChI=1S/C12H14BNO3/c1-3-15-12(16-4-2)10-5-8-6-14-7-9(13)11(8)17-10/h5-7,12H,3-4H2,1-2H3. The average Bonchev–Trinajstić information content (AvgIpc) is 2.74. The molecule has 17 heavy (non-hydrogen) atoms. The summed E-state index contributed by atoms with van der Waals surface area (Å²) in [6.07, 6.45) is 2.77. The Hall–Kier alpha value is -1.33. The molecule has 2 aromatic rings. The predicted molar refractivity (Wildman–Crippen MR) is 65.4 cm³/mol. The topological polar surface area (TPSA) is 44.5 Å². The minimum Gasteiger partial charge on any atom is -0.456 e. The van der Waals surface area contributed by atoms with Gasteiger partial charge in [-0.15, -0.1) is 0 Å². The first kappa shape index (κ1) is 12.1. The Morgan fingerprint density at radius 3 is 2.59 bits per heavy atom. The van der Waals surface area contributed by atoms with Gasteiger partial charge in [0.1, 0.15) is 13.4 Å². The van der Waals surface area contributed by atoms with Crippen LogP contribution in [0.1, 0.15) is 25.9 Å². The van der Waals surface area contributed by atoms with Gasteiger partial charge in [-0.1, -0.05) is 0 Å². The van der Waals surface area contributed by atoms with E-state index < -0.39 is 6.29 Å². The molecule has 0 saturated heterocycles. The van der Waals surface area contributed by atoms with Crippen molar-refractivity contribution in [3.05, 3.63) is 24.2 Å². The molecule has 0 bridgehead atoms. The Morgan fingerprint density at radius 2 is 2.00 bits per heavy atom. The van der Waals surface area contributed by atoms with Gasteiger partial charge in [0.05, 0.1) is 0 Å². The molecule has 0 aliphatic carbocycles. The quantitative estimate of drug-likeness (QED) is 0.580. The number of fused-ring (bicyclic) bond motifs is 1. The Balaban J connectivity index is 2.36. The summed E-state index contributed by atoms with van der Waals surface area (Å²) in [4.78, 5) is 4.01. The minimum atomic E-state index is -0.489. The number of nitrogens with zero attached hydrogens (tertiary/aromatic N) is 1. The SMILES string of the molecule is [B]c1cncc2cc(C(OCC)OCC)oc12. The predicted octanol–water partition coefficient (Wildman–Crippen LogP) is 1.69. The second-order valence-corrected chi connectivity index (χ2v) is 3.54. The molecule has 4 nitrogen and oxygen atoms in total. The van der Waals surface area contributed by atoms with Gasteiger partial charge in [-0.2, -0.15) is 0 Å². The van der Waals surface area contributed by atoms with E-state index in [-0.39, 0.29) is 0 Å². The fraction of sp³-hybridized carbons (Fsp3) is 0.417. The molecular formula is C12H14BNO3. The van der Waals surface area contributed by atoms with Crippen LogP contribution in [0, 0.1) is 0 Å². The molecule has 0 unspecified atom stereocenters. The van der Waals surface area contributed by atoms with E-state index in [9.17, 15) is 0 Å². The largest absolute Gasteiger partial charge is 0.456 e. The average molecular weight is 231 g/mol. The maximum atomic E-state index is 5.78. The molecule has 0 aliphatic rings. The van der Waals surface area contributed by atoms with Crippen LogP contribution in [0.4, 0.5) is 0 Å². The van der Waals surface area contributed by atoms with Gasteiger partial charge in [0, 0.05) is 31.0 Å². The van der Waals surface area contributed by atoms with Crippen LogP contribution in [0.3, 0.4) is 0 Å². The van der Waals surface area contributed by atoms with Gasteiger partial charge in [-0.05, 0) is 25.4 Å². The third-order valence-electron chi connectivity index (χ3n) is 2.34. The molecule has 0 spiro atoms. The van der Waals surface area contributed by atoms with Gasteiger partial charge in [0.15, 0.2) is 5.76 Å². The lowest BCUT2D eigenvalue weighted by molar-refractivity contribution is -0.150. The summed E-state index contributed by atoms with van der Waals surface area (Å²) in [6, 6.07) is 1.84. The zero-order valence-corrected chi connectivity index (χ0v) is 9.97. The summed E-state index contributed by atoms with van der Waals surface area (Å²) in [5.74, 6) is 0.614. The molecule has 2 aromatic heterocycles. The van der Waals surface area contributed by atoms with Crippen LogP contribution in [-0.2, 0) is 9.47 Å². The normalized spacial score (nSPS) is 11.5. The maximum absolute atomic E-state index is 5.78. The number of furan rings is 1. The highest BCUT2D eigenvalue weighted by Gasteiger charge is 2.17. The molecule has 2 heterocycles. The molecule has 0 N–H and O–H groups in total. The molecule has 0 aliphatic heterocycles. The maximum Gasteiger partial charge on any atom is 0.217 e. The Kier molecular flexibility index (Phi) is 3.81. The Bertz CT molecular complexity index is 491. The first-order valence-electron chi connectivity index (χ1n) is 5.62. The van der Waals surface area contributed by atoms with Crippen molar-refractivity contribution in [2.75, 3.05) is 13.2 Å². The Morgan fingerprint density at radius 1 is 1.29 bits per heavy atom. The van der Waals surface area contributed by atoms with Crippen LogP contribution < -0.4 is 5.46 Å². The fourth-order valence-corrected chi connectivity index (χ4v) is 1.63. The summed E-state index contributed by atoms with van der Waals surface area (Å²) >= 11 is 0. The smallest absolute Gasteiger partial charge is 0.217 e. The van der Waals surface area contributed by atoms with Gasteiger partial charge in [-0.25, -0.2) is 0 Å². The van der Waals surface area contributed by atoms with E-state index in [1.807, 2.05) is 19.9 Å². The van der Waals surface area contributed by atoms with E-state index in [0.717, 1.165) is 5.39 Å². The number of aromatic nitrogens is 1. The second-order valence-electron chi connectivity index (χ2n) is 3.54. The highest BCUT2D eigenvalue weighted by molar-refractivity contribution is 6.37. The fourth-order valence-electron chi connectivity index (χ4n) is 1.63. The van der Waals surface area contributed by atoms with E-state index in [0.29, 0.717) is 30.0 Å². The van der Waals surface area contributed by atoms with Crippen LogP contribution in [0.2, 0.25) is 0 Å². The number of hydrogen-bond acceptors (Lipinski definition) is 4. The number of pyridine rings is 1. The third-order valence-corrected chi connectivity index (χ3v) is 2.34. The van der Waals surface area contributed by atoms with Crippen molar-refractivity contribution in [2.45, 2.75) is 20.1 Å².